The maximum Gasteiger partial charge on any atom is 0.219 e. The summed E-state index contributed by atoms with van der Waals surface area (Å²) in [6.07, 6.45) is 0.518. The van der Waals surface area contributed by atoms with Crippen molar-refractivity contribution >= 4 is 23.3 Å². The summed E-state index contributed by atoms with van der Waals surface area (Å²) in [7, 11) is 1.67. The summed E-state index contributed by atoms with van der Waals surface area (Å²) in [5, 5.41) is 0.662. The van der Waals surface area contributed by atoms with Gasteiger partial charge < -0.3 is 4.90 Å². The van der Waals surface area contributed by atoms with Crippen LogP contribution in [0.2, 0.25) is 5.02 Å². The molecule has 1 aromatic carbocycles. The number of rotatable bonds is 5. The molecule has 1 atom stereocenters. The largest absolute Gasteiger partial charge is 0.336 e. The number of nitrogens with zero attached hydrogens (tertiary/aromatic N) is 1. The number of hydrogen-bond donors (Lipinski definition) is 0. The van der Waals surface area contributed by atoms with Crippen LogP contribution in [0.15, 0.2) is 24.3 Å². The second-order valence-corrected chi connectivity index (χ2v) is 5.47. The number of carbonyl (C=O) groups excluding carboxylic acids is 2. The van der Waals surface area contributed by atoms with Crippen LogP contribution in [0.4, 0.5) is 0 Å². The van der Waals surface area contributed by atoms with Gasteiger partial charge in [0.1, 0.15) is 0 Å². The summed E-state index contributed by atoms with van der Waals surface area (Å²) in [6, 6.07) is 6.94. The molecule has 0 unspecified atom stereocenters. The van der Waals surface area contributed by atoms with Crippen molar-refractivity contribution in [3.63, 3.8) is 0 Å². The van der Waals surface area contributed by atoms with Crippen LogP contribution in [0.5, 0.6) is 0 Å². The van der Waals surface area contributed by atoms with Gasteiger partial charge in [0.25, 0.3) is 0 Å². The van der Waals surface area contributed by atoms with E-state index in [0.29, 0.717) is 11.4 Å². The molecule has 0 spiro atoms. The van der Waals surface area contributed by atoms with Crippen molar-refractivity contribution in [1.82, 2.24) is 4.90 Å². The van der Waals surface area contributed by atoms with Crippen molar-refractivity contribution in [3.8, 4) is 0 Å². The fourth-order valence-electron chi connectivity index (χ4n) is 1.88. The zero-order valence-corrected chi connectivity index (χ0v) is 12.6. The summed E-state index contributed by atoms with van der Waals surface area (Å²) in [6.45, 7) is 5.18. The number of halogens is 1. The van der Waals surface area contributed by atoms with E-state index in [0.717, 1.165) is 5.56 Å². The van der Waals surface area contributed by atoms with E-state index in [1.165, 1.54) is 11.8 Å². The minimum absolute atomic E-state index is 0.0765. The standard InChI is InChI=1S/C15H20ClNO2/c1-10(2)15(19)14(17(4)11(3)18)9-12-5-7-13(16)8-6-12/h5-8,10,14H,9H2,1-4H3/t14-/m0/s1. The first-order valence-corrected chi connectivity index (χ1v) is 6.72. The third kappa shape index (κ3) is 4.35. The Morgan fingerprint density at radius 1 is 1.21 bits per heavy atom. The molecule has 104 valence electrons. The van der Waals surface area contributed by atoms with Crippen LogP contribution in [-0.2, 0) is 16.0 Å². The Hall–Kier alpha value is -1.35. The maximum atomic E-state index is 12.2. The van der Waals surface area contributed by atoms with Crippen molar-refractivity contribution < 1.29 is 9.59 Å². The summed E-state index contributed by atoms with van der Waals surface area (Å²) in [5.41, 5.74) is 0.997. The molecule has 0 saturated heterocycles. The lowest BCUT2D eigenvalue weighted by atomic mass is 9.94. The minimum Gasteiger partial charge on any atom is -0.336 e. The number of hydrogen-bond acceptors (Lipinski definition) is 2. The second-order valence-electron chi connectivity index (χ2n) is 5.03. The molecule has 0 saturated carbocycles. The Balaban J connectivity index is 2.94. The first kappa shape index (κ1) is 15.7. The maximum absolute atomic E-state index is 12.2. The minimum atomic E-state index is -0.418. The van der Waals surface area contributed by atoms with Gasteiger partial charge in [0.2, 0.25) is 5.91 Å². The van der Waals surface area contributed by atoms with Gasteiger partial charge >= 0.3 is 0 Å². The molecule has 3 nitrogen and oxygen atoms in total. The van der Waals surface area contributed by atoms with Crippen LogP contribution in [-0.4, -0.2) is 29.7 Å². The molecule has 19 heavy (non-hydrogen) atoms. The molecule has 0 N–H and O–H groups in total. The summed E-state index contributed by atoms with van der Waals surface area (Å²) >= 11 is 5.84. The van der Waals surface area contributed by atoms with Gasteiger partial charge in [-0.25, -0.2) is 0 Å². The molecule has 4 heteroatoms. The van der Waals surface area contributed by atoms with E-state index in [2.05, 4.69) is 0 Å². The molecule has 1 aromatic rings. The highest BCUT2D eigenvalue weighted by atomic mass is 35.5. The number of Topliss-reactive ketones (excluding diaryl/α,β-unsaturated/α-hetero) is 1. The molecular formula is C15H20ClNO2. The monoisotopic (exact) mass is 281 g/mol. The smallest absolute Gasteiger partial charge is 0.219 e. The van der Waals surface area contributed by atoms with E-state index in [-0.39, 0.29) is 17.6 Å². The molecule has 0 heterocycles. The molecular weight excluding hydrogens is 262 g/mol. The third-order valence-corrected chi connectivity index (χ3v) is 3.46. The van der Waals surface area contributed by atoms with Crippen molar-refractivity contribution in [2.75, 3.05) is 7.05 Å². The van der Waals surface area contributed by atoms with E-state index in [1.54, 1.807) is 19.2 Å². The Labute approximate surface area is 119 Å². The van der Waals surface area contributed by atoms with Gasteiger partial charge in [0.05, 0.1) is 6.04 Å². The predicted molar refractivity (Wildman–Crippen MR) is 77.2 cm³/mol. The second kappa shape index (κ2) is 6.71. The molecule has 0 fully saturated rings. The zero-order valence-electron chi connectivity index (χ0n) is 11.8. The normalized spacial score (nSPS) is 12.3. The average Bonchev–Trinajstić information content (AvgIpc) is 2.36. The topological polar surface area (TPSA) is 37.4 Å². The molecule has 0 aromatic heterocycles. The molecule has 0 aliphatic heterocycles. The predicted octanol–water partition coefficient (Wildman–Crippen LogP) is 2.95. The van der Waals surface area contributed by atoms with Gasteiger partial charge in [0, 0.05) is 24.9 Å². The zero-order chi connectivity index (χ0) is 14.6. The van der Waals surface area contributed by atoms with Gasteiger partial charge in [0.15, 0.2) is 5.78 Å². The highest BCUT2D eigenvalue weighted by molar-refractivity contribution is 6.30. The summed E-state index contributed by atoms with van der Waals surface area (Å²) < 4.78 is 0. The summed E-state index contributed by atoms with van der Waals surface area (Å²) in [4.78, 5) is 25.3. The van der Waals surface area contributed by atoms with E-state index >= 15 is 0 Å². The number of likely N-dealkylation sites (N-methyl/N-ethyl adjacent to an activating group) is 1. The van der Waals surface area contributed by atoms with Gasteiger partial charge in [-0.1, -0.05) is 37.6 Å². The lowest BCUT2D eigenvalue weighted by molar-refractivity contribution is -0.137. The first-order valence-electron chi connectivity index (χ1n) is 6.34. The van der Waals surface area contributed by atoms with Crippen LogP contribution < -0.4 is 0 Å². The van der Waals surface area contributed by atoms with Crippen molar-refractivity contribution in [3.05, 3.63) is 34.9 Å². The number of carbonyl (C=O) groups is 2. The lowest BCUT2D eigenvalue weighted by Crippen LogP contribution is -2.44. The van der Waals surface area contributed by atoms with Crippen LogP contribution in [0.3, 0.4) is 0 Å². The molecule has 0 aliphatic carbocycles. The number of ketones is 1. The van der Waals surface area contributed by atoms with Crippen molar-refractivity contribution in [1.29, 1.82) is 0 Å². The number of benzene rings is 1. The van der Waals surface area contributed by atoms with Crippen LogP contribution in [0.1, 0.15) is 26.3 Å². The van der Waals surface area contributed by atoms with Gasteiger partial charge in [-0.2, -0.15) is 0 Å². The Bertz CT molecular complexity index is 454. The molecule has 1 rings (SSSR count). The van der Waals surface area contributed by atoms with Crippen LogP contribution >= 0.6 is 11.6 Å². The average molecular weight is 282 g/mol. The van der Waals surface area contributed by atoms with E-state index in [1.807, 2.05) is 26.0 Å². The quantitative estimate of drug-likeness (QED) is 0.832. The van der Waals surface area contributed by atoms with Gasteiger partial charge in [-0.15, -0.1) is 0 Å². The Morgan fingerprint density at radius 3 is 2.16 bits per heavy atom. The van der Waals surface area contributed by atoms with Crippen molar-refractivity contribution in [2.24, 2.45) is 5.92 Å². The molecule has 0 bridgehead atoms. The third-order valence-electron chi connectivity index (χ3n) is 3.20. The van der Waals surface area contributed by atoms with E-state index < -0.39 is 6.04 Å². The SMILES string of the molecule is CC(=O)N(C)[C@@H](Cc1ccc(Cl)cc1)C(=O)C(C)C. The fraction of sp³-hybridized carbons (Fsp3) is 0.467. The Kier molecular flexibility index (Phi) is 5.55. The van der Waals surface area contributed by atoms with Gasteiger partial charge in [-0.05, 0) is 24.1 Å². The molecule has 0 radical (unpaired) electrons. The summed E-state index contributed by atoms with van der Waals surface area (Å²) in [5.74, 6) is -0.125. The first-order chi connectivity index (χ1) is 8.82. The van der Waals surface area contributed by atoms with Crippen LogP contribution in [0.25, 0.3) is 0 Å². The van der Waals surface area contributed by atoms with Crippen molar-refractivity contribution in [2.45, 2.75) is 33.2 Å². The number of amides is 1. The van der Waals surface area contributed by atoms with E-state index in [4.69, 9.17) is 11.6 Å². The molecule has 1 amide bonds. The highest BCUT2D eigenvalue weighted by Gasteiger charge is 2.27. The van der Waals surface area contributed by atoms with Crippen LogP contribution in [0, 0.1) is 5.92 Å². The molecule has 0 aliphatic rings. The fourth-order valence-corrected chi connectivity index (χ4v) is 2.00. The lowest BCUT2D eigenvalue weighted by Gasteiger charge is -2.27. The highest BCUT2D eigenvalue weighted by Crippen LogP contribution is 2.15. The Morgan fingerprint density at radius 2 is 1.74 bits per heavy atom. The van der Waals surface area contributed by atoms with Gasteiger partial charge in [-0.3, -0.25) is 9.59 Å². The van der Waals surface area contributed by atoms with E-state index in [9.17, 15) is 9.59 Å².